The van der Waals surface area contributed by atoms with Crippen LogP contribution in [0.1, 0.15) is 19.3 Å². The standard InChI is InChI=1S/C12H14BrN5O/c13-8-1-4-10-16-12(17-18(10)7-8)14-6-5-11(19)15-9-2-3-9/h1,4,7,9H,2-3,5-6H2,(H,14,17)(H,15,19). The third-order valence-electron chi connectivity index (χ3n) is 2.87. The molecule has 0 saturated heterocycles. The van der Waals surface area contributed by atoms with Gasteiger partial charge < -0.3 is 10.6 Å². The van der Waals surface area contributed by atoms with Crippen LogP contribution in [0.5, 0.6) is 0 Å². The van der Waals surface area contributed by atoms with Gasteiger partial charge in [-0.25, -0.2) is 4.52 Å². The third-order valence-corrected chi connectivity index (χ3v) is 3.34. The molecule has 7 heteroatoms. The van der Waals surface area contributed by atoms with Gasteiger partial charge in [0.25, 0.3) is 0 Å². The van der Waals surface area contributed by atoms with Crippen molar-refractivity contribution in [1.29, 1.82) is 0 Å². The number of amides is 1. The largest absolute Gasteiger partial charge is 0.353 e. The number of rotatable bonds is 5. The molecule has 0 atom stereocenters. The average molecular weight is 324 g/mol. The molecular formula is C12H14BrN5O. The fraction of sp³-hybridized carbons (Fsp3) is 0.417. The molecule has 3 rings (SSSR count). The van der Waals surface area contributed by atoms with Crippen molar-refractivity contribution in [2.75, 3.05) is 11.9 Å². The normalized spacial score (nSPS) is 14.6. The van der Waals surface area contributed by atoms with Crippen molar-refractivity contribution < 1.29 is 4.79 Å². The van der Waals surface area contributed by atoms with E-state index in [1.165, 1.54) is 0 Å². The van der Waals surface area contributed by atoms with Crippen LogP contribution in [0.4, 0.5) is 5.95 Å². The first-order chi connectivity index (χ1) is 9.20. The number of fused-ring (bicyclic) bond motifs is 1. The molecule has 19 heavy (non-hydrogen) atoms. The number of carbonyl (C=O) groups is 1. The molecule has 2 heterocycles. The minimum absolute atomic E-state index is 0.0847. The molecule has 100 valence electrons. The number of nitrogens with zero attached hydrogens (tertiary/aromatic N) is 3. The van der Waals surface area contributed by atoms with Crippen molar-refractivity contribution >= 4 is 33.4 Å². The minimum atomic E-state index is 0.0847. The predicted octanol–water partition coefficient (Wildman–Crippen LogP) is 1.57. The van der Waals surface area contributed by atoms with Crippen molar-refractivity contribution in [2.45, 2.75) is 25.3 Å². The molecule has 6 nitrogen and oxygen atoms in total. The molecule has 0 unspecified atom stereocenters. The lowest BCUT2D eigenvalue weighted by Crippen LogP contribution is -2.27. The maximum Gasteiger partial charge on any atom is 0.243 e. The summed E-state index contributed by atoms with van der Waals surface area (Å²) < 4.78 is 2.64. The van der Waals surface area contributed by atoms with Crippen LogP contribution in [-0.2, 0) is 4.79 Å². The highest BCUT2D eigenvalue weighted by Gasteiger charge is 2.22. The summed E-state index contributed by atoms with van der Waals surface area (Å²) in [5, 5.41) is 10.3. The van der Waals surface area contributed by atoms with E-state index in [4.69, 9.17) is 0 Å². The van der Waals surface area contributed by atoms with Gasteiger partial charge in [0.1, 0.15) is 0 Å². The molecule has 2 aromatic rings. The van der Waals surface area contributed by atoms with Gasteiger partial charge in [-0.05, 0) is 40.9 Å². The van der Waals surface area contributed by atoms with Gasteiger partial charge >= 0.3 is 0 Å². The first kappa shape index (κ1) is 12.4. The molecule has 0 radical (unpaired) electrons. The summed E-state index contributed by atoms with van der Waals surface area (Å²) in [6, 6.07) is 4.21. The fourth-order valence-corrected chi connectivity index (χ4v) is 2.07. The first-order valence-electron chi connectivity index (χ1n) is 6.26. The summed E-state index contributed by atoms with van der Waals surface area (Å²) >= 11 is 3.38. The average Bonchev–Trinajstić information content (AvgIpc) is 3.07. The van der Waals surface area contributed by atoms with E-state index in [0.29, 0.717) is 25.0 Å². The van der Waals surface area contributed by atoms with E-state index in [9.17, 15) is 4.79 Å². The van der Waals surface area contributed by atoms with Gasteiger partial charge in [-0.3, -0.25) is 4.79 Å². The third kappa shape index (κ3) is 3.23. The second-order valence-corrected chi connectivity index (χ2v) is 5.52. The van der Waals surface area contributed by atoms with Gasteiger partial charge in [0.15, 0.2) is 5.65 Å². The maximum atomic E-state index is 11.5. The zero-order chi connectivity index (χ0) is 13.2. The van der Waals surface area contributed by atoms with Crippen LogP contribution in [0.2, 0.25) is 0 Å². The van der Waals surface area contributed by atoms with Crippen LogP contribution >= 0.6 is 15.9 Å². The molecule has 0 aromatic carbocycles. The molecule has 1 amide bonds. The summed E-state index contributed by atoms with van der Waals surface area (Å²) in [5.41, 5.74) is 0.771. The fourth-order valence-electron chi connectivity index (χ4n) is 1.75. The second kappa shape index (κ2) is 5.16. The Morgan fingerprint density at radius 1 is 1.47 bits per heavy atom. The van der Waals surface area contributed by atoms with Crippen molar-refractivity contribution in [2.24, 2.45) is 0 Å². The Bertz CT molecular complexity index is 607. The molecular weight excluding hydrogens is 310 g/mol. The van der Waals surface area contributed by atoms with Crippen LogP contribution in [-0.4, -0.2) is 33.1 Å². The topological polar surface area (TPSA) is 71.3 Å². The highest BCUT2D eigenvalue weighted by atomic mass is 79.9. The monoisotopic (exact) mass is 323 g/mol. The van der Waals surface area contributed by atoms with E-state index in [0.717, 1.165) is 23.0 Å². The smallest absolute Gasteiger partial charge is 0.243 e. The van der Waals surface area contributed by atoms with Crippen molar-refractivity contribution in [3.8, 4) is 0 Å². The maximum absolute atomic E-state index is 11.5. The zero-order valence-electron chi connectivity index (χ0n) is 10.3. The number of aromatic nitrogens is 3. The zero-order valence-corrected chi connectivity index (χ0v) is 11.9. The lowest BCUT2D eigenvalue weighted by molar-refractivity contribution is -0.120. The molecule has 1 saturated carbocycles. The Kier molecular flexibility index (Phi) is 3.37. The van der Waals surface area contributed by atoms with E-state index in [2.05, 4.69) is 36.6 Å². The van der Waals surface area contributed by atoms with E-state index in [1.54, 1.807) is 4.52 Å². The minimum Gasteiger partial charge on any atom is -0.353 e. The molecule has 0 aliphatic heterocycles. The van der Waals surface area contributed by atoms with Crippen LogP contribution < -0.4 is 10.6 Å². The molecule has 1 aliphatic carbocycles. The number of anilines is 1. The summed E-state index contributed by atoms with van der Waals surface area (Å²) in [6.07, 6.45) is 4.51. The van der Waals surface area contributed by atoms with Crippen LogP contribution in [0.15, 0.2) is 22.8 Å². The Hall–Kier alpha value is -1.63. The predicted molar refractivity (Wildman–Crippen MR) is 75.0 cm³/mol. The van der Waals surface area contributed by atoms with E-state index in [1.807, 2.05) is 18.3 Å². The Labute approximate surface area is 118 Å². The Morgan fingerprint density at radius 3 is 3.11 bits per heavy atom. The van der Waals surface area contributed by atoms with Crippen LogP contribution in [0.25, 0.3) is 5.65 Å². The van der Waals surface area contributed by atoms with Gasteiger partial charge in [-0.2, -0.15) is 4.98 Å². The lowest BCUT2D eigenvalue weighted by Gasteiger charge is -2.03. The van der Waals surface area contributed by atoms with Crippen LogP contribution in [0, 0.1) is 0 Å². The summed E-state index contributed by atoms with van der Waals surface area (Å²) in [5.74, 6) is 0.624. The SMILES string of the molecule is O=C(CCNc1nc2ccc(Br)cn2n1)NC1CC1. The molecule has 1 aliphatic rings. The molecule has 0 spiro atoms. The van der Waals surface area contributed by atoms with Gasteiger partial charge in [0, 0.05) is 29.7 Å². The number of hydrogen-bond acceptors (Lipinski definition) is 4. The van der Waals surface area contributed by atoms with E-state index < -0.39 is 0 Å². The number of pyridine rings is 1. The quantitative estimate of drug-likeness (QED) is 0.876. The van der Waals surface area contributed by atoms with Gasteiger partial charge in [-0.15, -0.1) is 5.10 Å². The van der Waals surface area contributed by atoms with Crippen molar-refractivity contribution in [3.63, 3.8) is 0 Å². The van der Waals surface area contributed by atoms with Crippen molar-refractivity contribution in [1.82, 2.24) is 19.9 Å². The summed E-state index contributed by atoms with van der Waals surface area (Å²) in [7, 11) is 0. The number of carbonyl (C=O) groups excluding carboxylic acids is 1. The number of nitrogens with one attached hydrogen (secondary N) is 2. The highest BCUT2D eigenvalue weighted by molar-refractivity contribution is 9.10. The van der Waals surface area contributed by atoms with E-state index >= 15 is 0 Å². The molecule has 2 N–H and O–H groups in total. The van der Waals surface area contributed by atoms with Gasteiger partial charge in [0.2, 0.25) is 11.9 Å². The number of hydrogen-bond donors (Lipinski definition) is 2. The lowest BCUT2D eigenvalue weighted by atomic mass is 10.4. The highest BCUT2D eigenvalue weighted by Crippen LogP contribution is 2.18. The summed E-state index contributed by atoms with van der Waals surface area (Å²) in [6.45, 7) is 0.538. The number of halogens is 1. The van der Waals surface area contributed by atoms with Gasteiger partial charge in [-0.1, -0.05) is 0 Å². The summed E-state index contributed by atoms with van der Waals surface area (Å²) in [4.78, 5) is 15.8. The first-order valence-corrected chi connectivity index (χ1v) is 7.05. The molecule has 1 fully saturated rings. The molecule has 2 aromatic heterocycles. The van der Waals surface area contributed by atoms with E-state index in [-0.39, 0.29) is 5.91 Å². The second-order valence-electron chi connectivity index (χ2n) is 4.60. The van der Waals surface area contributed by atoms with Crippen LogP contribution in [0.3, 0.4) is 0 Å². The Balaban J connectivity index is 1.54. The van der Waals surface area contributed by atoms with Crippen molar-refractivity contribution in [3.05, 3.63) is 22.8 Å². The molecule has 0 bridgehead atoms. The Morgan fingerprint density at radius 2 is 2.32 bits per heavy atom. The van der Waals surface area contributed by atoms with Gasteiger partial charge in [0.05, 0.1) is 0 Å².